The molecule has 1 amide bonds. The number of halogens is 1. The fraction of sp³-hybridized carbons (Fsp3) is 0.966. The van der Waals surface area contributed by atoms with Crippen molar-refractivity contribution in [3.05, 3.63) is 0 Å². The Morgan fingerprint density at radius 3 is 2.33 bits per heavy atom. The summed E-state index contributed by atoms with van der Waals surface area (Å²) in [5, 5.41) is 13.9. The number of alkyl halides is 1. The van der Waals surface area contributed by atoms with Crippen LogP contribution in [-0.4, -0.2) is 94.4 Å². The Labute approximate surface area is 234 Å². The third-order valence-electron chi connectivity index (χ3n) is 11.5. The van der Waals surface area contributed by atoms with E-state index in [0.717, 1.165) is 58.3 Å². The van der Waals surface area contributed by atoms with Crippen LogP contribution in [0, 0.1) is 22.7 Å². The van der Waals surface area contributed by atoms with Gasteiger partial charge in [-0.15, -0.1) is 0 Å². The van der Waals surface area contributed by atoms with E-state index in [1.807, 2.05) is 0 Å². The van der Waals surface area contributed by atoms with Crippen LogP contribution in [0.15, 0.2) is 0 Å². The number of nitrogens with two attached hydrogens (primary N) is 2. The lowest BCUT2D eigenvalue weighted by molar-refractivity contribution is -0.143. The van der Waals surface area contributed by atoms with Gasteiger partial charge in [-0.05, 0) is 56.4 Å². The third-order valence-corrected chi connectivity index (χ3v) is 11.5. The molecule has 0 radical (unpaired) electrons. The highest BCUT2D eigenvalue weighted by Gasteiger charge is 2.61. The molecule has 5 aliphatic rings. The van der Waals surface area contributed by atoms with Crippen molar-refractivity contribution in [2.24, 2.45) is 34.1 Å². The predicted octanol–water partition coefficient (Wildman–Crippen LogP) is 1.03. The lowest BCUT2D eigenvalue weighted by Crippen LogP contribution is -2.70. The average Bonchev–Trinajstić information content (AvgIpc) is 3.15. The molecule has 3 heterocycles. The molecule has 3 saturated heterocycles. The number of ether oxygens (including phenoxy) is 1. The van der Waals surface area contributed by atoms with Crippen LogP contribution < -0.4 is 32.7 Å². The third kappa shape index (κ3) is 5.64. The van der Waals surface area contributed by atoms with Crippen LogP contribution in [0.3, 0.4) is 0 Å². The first kappa shape index (κ1) is 29.6. The number of methoxy groups -OCH3 is 1. The maximum atomic E-state index is 15.1. The van der Waals surface area contributed by atoms with E-state index in [9.17, 15) is 4.79 Å². The predicted molar refractivity (Wildman–Crippen MR) is 152 cm³/mol. The van der Waals surface area contributed by atoms with Gasteiger partial charge in [0.2, 0.25) is 5.91 Å². The van der Waals surface area contributed by atoms with Crippen LogP contribution in [0.4, 0.5) is 4.39 Å². The molecule has 5 fully saturated rings. The van der Waals surface area contributed by atoms with Crippen LogP contribution in [0.5, 0.6) is 0 Å². The van der Waals surface area contributed by atoms with E-state index >= 15 is 4.39 Å². The number of carbonyl (C=O) groups excluding carboxylic acids is 1. The molecular formula is C29H54FN7O2. The fourth-order valence-corrected chi connectivity index (χ4v) is 9.32. The molecule has 2 aliphatic carbocycles. The molecular weight excluding hydrogens is 497 g/mol. The number of hydrogen-bond acceptors (Lipinski definition) is 8. The number of hydrogen-bond donors (Lipinski definition) is 6. The van der Waals surface area contributed by atoms with Crippen molar-refractivity contribution in [1.82, 2.24) is 26.2 Å². The quantitative estimate of drug-likeness (QED) is 0.270. The summed E-state index contributed by atoms with van der Waals surface area (Å²) in [6, 6.07) is -0.0881. The molecule has 39 heavy (non-hydrogen) atoms. The first-order valence-corrected chi connectivity index (χ1v) is 15.7. The summed E-state index contributed by atoms with van der Waals surface area (Å²) in [5.74, 6) is -0.601. The molecule has 0 aromatic carbocycles. The van der Waals surface area contributed by atoms with Crippen molar-refractivity contribution in [2.75, 3.05) is 47.0 Å². The molecule has 3 aliphatic heterocycles. The van der Waals surface area contributed by atoms with E-state index < -0.39 is 18.3 Å². The van der Waals surface area contributed by atoms with Crippen LogP contribution in [0.25, 0.3) is 0 Å². The zero-order valence-corrected chi connectivity index (χ0v) is 24.2. The molecule has 7 atom stereocenters. The topological polar surface area (TPSA) is 130 Å². The number of likely N-dealkylation sites (N-methyl/N-ethyl adjacent to an activating group) is 1. The Morgan fingerprint density at radius 2 is 1.74 bits per heavy atom. The summed E-state index contributed by atoms with van der Waals surface area (Å²) in [7, 11) is 3.87. The van der Waals surface area contributed by atoms with Gasteiger partial charge in [-0.1, -0.05) is 32.1 Å². The Balaban J connectivity index is 1.44. The Bertz CT molecular complexity index is 819. The summed E-state index contributed by atoms with van der Waals surface area (Å²) in [5.41, 5.74) is 13.0. The molecule has 8 N–H and O–H groups in total. The second-order valence-corrected chi connectivity index (χ2v) is 13.4. The molecule has 2 spiro atoms. The average molecular weight is 552 g/mol. The monoisotopic (exact) mass is 551 g/mol. The standard InChI is InChI=1S/C29H54FN7O2/c1-37-18-34-16-21(37)23-20(15-33-17-22(23)39-2)36-27(38)24(26(31)32)25-29(11-7-12-29)28(9-5-3-4-6-10-28)13-8-19(30)14-35-25/h19-26,33-35H,3-18,31-32H2,1-2H3,(H,36,38). The van der Waals surface area contributed by atoms with Gasteiger partial charge in [0.25, 0.3) is 0 Å². The number of carbonyl (C=O) groups is 1. The molecule has 0 aromatic heterocycles. The highest BCUT2D eigenvalue weighted by molar-refractivity contribution is 5.80. The van der Waals surface area contributed by atoms with Crippen molar-refractivity contribution < 1.29 is 13.9 Å². The van der Waals surface area contributed by atoms with E-state index in [1.165, 1.54) is 25.7 Å². The van der Waals surface area contributed by atoms with Crippen molar-refractivity contribution in [3.63, 3.8) is 0 Å². The van der Waals surface area contributed by atoms with Crippen LogP contribution in [0.2, 0.25) is 0 Å². The Hall–Kier alpha value is -0.880. The maximum absolute atomic E-state index is 15.1. The van der Waals surface area contributed by atoms with Gasteiger partial charge in [0.1, 0.15) is 6.17 Å². The number of nitrogens with zero attached hydrogens (tertiary/aromatic N) is 1. The van der Waals surface area contributed by atoms with Crippen molar-refractivity contribution in [2.45, 2.75) is 107 Å². The molecule has 9 nitrogen and oxygen atoms in total. The number of fused-ring (bicyclic) bond motifs is 1. The number of rotatable bonds is 6. The van der Waals surface area contributed by atoms with E-state index in [4.69, 9.17) is 16.2 Å². The van der Waals surface area contributed by atoms with E-state index in [-0.39, 0.29) is 53.4 Å². The van der Waals surface area contributed by atoms with Gasteiger partial charge in [0.15, 0.2) is 0 Å². The molecule has 5 rings (SSSR count). The highest BCUT2D eigenvalue weighted by atomic mass is 19.1. The van der Waals surface area contributed by atoms with Crippen LogP contribution in [0.1, 0.15) is 70.6 Å². The zero-order valence-electron chi connectivity index (χ0n) is 24.2. The van der Waals surface area contributed by atoms with Gasteiger partial charge in [-0.2, -0.15) is 0 Å². The number of piperidine rings is 1. The lowest BCUT2D eigenvalue weighted by Gasteiger charge is -2.63. The fourth-order valence-electron chi connectivity index (χ4n) is 9.32. The summed E-state index contributed by atoms with van der Waals surface area (Å²) in [6.07, 6.45) is 10.1. The van der Waals surface area contributed by atoms with Crippen LogP contribution in [-0.2, 0) is 9.53 Å². The summed E-state index contributed by atoms with van der Waals surface area (Å²) in [6.45, 7) is 3.37. The van der Waals surface area contributed by atoms with Crippen molar-refractivity contribution >= 4 is 5.91 Å². The smallest absolute Gasteiger partial charge is 0.227 e. The van der Waals surface area contributed by atoms with E-state index in [0.29, 0.717) is 13.0 Å². The van der Waals surface area contributed by atoms with Gasteiger partial charge < -0.3 is 37.5 Å². The van der Waals surface area contributed by atoms with Gasteiger partial charge in [0.05, 0.1) is 18.2 Å². The molecule has 0 bridgehead atoms. The minimum absolute atomic E-state index is 0.0135. The van der Waals surface area contributed by atoms with Crippen molar-refractivity contribution in [1.29, 1.82) is 0 Å². The van der Waals surface area contributed by atoms with Gasteiger partial charge in [-0.25, -0.2) is 4.39 Å². The first-order chi connectivity index (χ1) is 18.8. The highest BCUT2D eigenvalue weighted by Crippen LogP contribution is 2.64. The normalized spacial score (nSPS) is 38.1. The van der Waals surface area contributed by atoms with Crippen molar-refractivity contribution in [3.8, 4) is 0 Å². The summed E-state index contributed by atoms with van der Waals surface area (Å²) < 4.78 is 21.1. The van der Waals surface area contributed by atoms with Gasteiger partial charge in [-0.3, -0.25) is 9.69 Å². The van der Waals surface area contributed by atoms with E-state index in [1.54, 1.807) is 7.11 Å². The Morgan fingerprint density at radius 1 is 1.00 bits per heavy atom. The molecule has 224 valence electrons. The van der Waals surface area contributed by atoms with Crippen LogP contribution >= 0.6 is 0 Å². The largest absolute Gasteiger partial charge is 0.380 e. The maximum Gasteiger partial charge on any atom is 0.227 e. The molecule has 0 aromatic rings. The minimum atomic E-state index is -0.914. The second kappa shape index (κ2) is 12.5. The summed E-state index contributed by atoms with van der Waals surface area (Å²) in [4.78, 5) is 16.6. The number of amides is 1. The first-order valence-electron chi connectivity index (χ1n) is 15.7. The molecule has 7 unspecified atom stereocenters. The minimum Gasteiger partial charge on any atom is -0.380 e. The lowest BCUT2D eigenvalue weighted by atomic mass is 9.44. The van der Waals surface area contributed by atoms with Gasteiger partial charge in [0, 0.05) is 64.0 Å². The second-order valence-electron chi connectivity index (χ2n) is 13.4. The van der Waals surface area contributed by atoms with Gasteiger partial charge >= 0.3 is 0 Å². The Kier molecular flexibility index (Phi) is 9.53. The zero-order chi connectivity index (χ0) is 27.6. The SMILES string of the molecule is COC1CNCC(NC(=O)C(C(N)N)C2NCC(F)CCC3(CCCCCC3)C23CCC3)C1C1CNCN1C. The summed E-state index contributed by atoms with van der Waals surface area (Å²) >= 11 is 0. The molecule has 10 heteroatoms. The van der Waals surface area contributed by atoms with E-state index in [2.05, 4.69) is 33.2 Å². The molecule has 2 saturated carbocycles. The number of nitrogens with one attached hydrogen (secondary N) is 4.